The minimum absolute atomic E-state index is 0.00354. The van der Waals surface area contributed by atoms with E-state index >= 15 is 0 Å². The van der Waals surface area contributed by atoms with Gasteiger partial charge in [0.05, 0.1) is 73.6 Å². The zero-order chi connectivity index (χ0) is 69.1. The molecule has 496 valence electrons. The summed E-state index contributed by atoms with van der Waals surface area (Å²) < 4.78 is 226. The van der Waals surface area contributed by atoms with Gasteiger partial charge in [-0.3, -0.25) is 42.2 Å². The number of rotatable bonds is 26. The molecule has 0 aromatic heterocycles. The molecule has 41 nitrogen and oxygen atoms in total. The maximum Gasteiger partial charge on any atom is 0.297 e. The van der Waals surface area contributed by atoms with Crippen molar-refractivity contribution in [2.24, 2.45) is 40.9 Å². The number of nitro groups is 1. The predicted octanol–water partition coefficient (Wildman–Crippen LogP) is 9.57. The lowest BCUT2D eigenvalue weighted by Gasteiger charge is -2.15. The molecular formula is C44H37N11O30S8. The molecule has 13 N–H and O–H groups in total. The van der Waals surface area contributed by atoms with Crippen LogP contribution in [0.5, 0.6) is 17.2 Å². The molecule has 7 rings (SSSR count). The fourth-order valence-electron chi connectivity index (χ4n) is 8.01. The Morgan fingerprint density at radius 2 is 1.11 bits per heavy atom. The second-order valence-corrected chi connectivity index (χ2v) is 28.0. The second-order valence-electron chi connectivity index (χ2n) is 18.0. The zero-order valence-electron chi connectivity index (χ0n) is 45.6. The predicted molar refractivity (Wildman–Crippen MR) is 314 cm³/mol. The fraction of sp³-hybridized carbons (Fsp3) is 0.114. The molecule has 0 spiro atoms. The van der Waals surface area contributed by atoms with Crippen LogP contribution in [0.1, 0.15) is 18.9 Å². The maximum atomic E-state index is 13.2. The van der Waals surface area contributed by atoms with Gasteiger partial charge in [0, 0.05) is 41.3 Å². The van der Waals surface area contributed by atoms with E-state index in [0.29, 0.717) is 30.3 Å². The van der Waals surface area contributed by atoms with Gasteiger partial charge in [-0.25, -0.2) is 10.5 Å². The number of aromatic hydroxyl groups is 2. The lowest BCUT2D eigenvalue weighted by atomic mass is 10.0. The highest BCUT2D eigenvalue weighted by molar-refractivity contribution is 7.95. The third-order valence-electron chi connectivity index (χ3n) is 11.8. The summed E-state index contributed by atoms with van der Waals surface area (Å²) >= 11 is -0.0523. The van der Waals surface area contributed by atoms with E-state index in [9.17, 15) is 98.4 Å². The van der Waals surface area contributed by atoms with Crippen molar-refractivity contribution in [1.29, 1.82) is 0 Å². The Bertz CT molecular complexity index is 5120. The van der Waals surface area contributed by atoms with Crippen molar-refractivity contribution in [1.82, 2.24) is 0 Å². The molecule has 7 aromatic rings. The number of azo groups is 4. The number of aryl methyl sites for hydroxylation is 1. The minimum atomic E-state index is -5.79. The summed E-state index contributed by atoms with van der Waals surface area (Å²) in [7, 11) is -32.2. The van der Waals surface area contributed by atoms with E-state index in [1.165, 1.54) is 19.1 Å². The van der Waals surface area contributed by atoms with Crippen molar-refractivity contribution >= 4 is 175 Å². The van der Waals surface area contributed by atoms with Crippen LogP contribution >= 0.6 is 24.1 Å². The summed E-state index contributed by atoms with van der Waals surface area (Å²) in [5, 5.41) is 88.6. The van der Waals surface area contributed by atoms with Crippen molar-refractivity contribution in [2.75, 3.05) is 23.4 Å². The van der Waals surface area contributed by atoms with Gasteiger partial charge in [-0.05, 0) is 73.5 Å². The van der Waals surface area contributed by atoms with Crippen LogP contribution in [0.4, 0.5) is 62.6 Å². The molecule has 0 heterocycles. The molecule has 93 heavy (non-hydrogen) atoms. The number of phenols is 2. The zero-order valence-corrected chi connectivity index (χ0v) is 52.1. The quantitative estimate of drug-likeness (QED) is 0.00351. The summed E-state index contributed by atoms with van der Waals surface area (Å²) in [6.45, 7) is 2.26. The number of fused-ring (bicyclic) bond motifs is 2. The summed E-state index contributed by atoms with van der Waals surface area (Å²) in [5.41, 5.74) is -1.75. The number of non-ortho nitro benzene ring substituents is 1. The summed E-state index contributed by atoms with van der Waals surface area (Å²) in [4.78, 5) is 14.6. The van der Waals surface area contributed by atoms with E-state index in [4.69, 9.17) is 25.5 Å². The van der Waals surface area contributed by atoms with E-state index in [-0.39, 0.29) is 65.9 Å². The third-order valence-corrected chi connectivity index (χ3v) is 18.3. The smallest absolute Gasteiger partial charge is 0.297 e. The van der Waals surface area contributed by atoms with Gasteiger partial charge in [-0.2, -0.15) is 55.6 Å². The van der Waals surface area contributed by atoms with Crippen LogP contribution in [-0.2, 0) is 84.2 Å². The van der Waals surface area contributed by atoms with Gasteiger partial charge in [0.15, 0.2) is 11.5 Å². The SMILES string of the molecule is CC(=O)Nc1cc(C)c(N=Nc2cc(SOOO)c(N=Nc3c(S(=O)(=O)O)cc4c(S(=O)(=O)O)c(N=Nc5cc(S(=O)(=O)O)c6cc(SOOO)c(N=Nc7ccc([N+](=O)[O-])cc7S(=O)(=O)O)c(O)c6c5N)ccc4c3O)cc2S(=O)(=O)O)cc1OCCCS(=O)(=O)O. The first kappa shape index (κ1) is 71.9. The number of hydrogen-bond donors (Lipinski definition) is 12. The summed E-state index contributed by atoms with van der Waals surface area (Å²) in [6, 6.07) is 8.41. The minimum Gasteiger partial charge on any atom is -0.505 e. The Hall–Kier alpha value is -8.55. The molecule has 1 amide bonds. The monoisotopic (exact) mass is 1450 g/mol. The van der Waals surface area contributed by atoms with Gasteiger partial charge >= 0.3 is 0 Å². The first-order chi connectivity index (χ1) is 43.1. The number of carbonyl (C=O) groups excluding carboxylic acids is 1. The van der Waals surface area contributed by atoms with E-state index in [0.717, 1.165) is 31.2 Å². The molecule has 0 aliphatic carbocycles. The van der Waals surface area contributed by atoms with Gasteiger partial charge in [0.25, 0.3) is 66.4 Å². The largest absolute Gasteiger partial charge is 0.505 e. The number of hydrogen-bond acceptors (Lipinski definition) is 35. The number of nitrogens with zero attached hydrogens (tertiary/aromatic N) is 9. The number of nitro benzene ring substituents is 1. The molecule has 0 aliphatic rings. The fourth-order valence-corrected chi connectivity index (χ4v) is 12.9. The highest BCUT2D eigenvalue weighted by atomic mass is 32.2. The van der Waals surface area contributed by atoms with E-state index in [2.05, 4.69) is 65.0 Å². The Labute approximate surface area is 528 Å². The Morgan fingerprint density at radius 3 is 1.69 bits per heavy atom. The first-order valence-electron chi connectivity index (χ1n) is 23.9. The molecule has 0 fully saturated rings. The molecule has 0 bridgehead atoms. The molecule has 7 aromatic carbocycles. The Kier molecular flexibility index (Phi) is 21.6. The van der Waals surface area contributed by atoms with Crippen LogP contribution in [0, 0.1) is 17.0 Å². The van der Waals surface area contributed by atoms with Crippen molar-refractivity contribution in [3.8, 4) is 17.2 Å². The molecule has 0 aliphatic heterocycles. The molecule has 0 radical (unpaired) electrons. The van der Waals surface area contributed by atoms with E-state index < -0.39 is 196 Å². The van der Waals surface area contributed by atoms with Crippen molar-refractivity contribution in [3.05, 3.63) is 88.5 Å². The summed E-state index contributed by atoms with van der Waals surface area (Å²) in [5.74, 6) is -4.08. The topological polar surface area (TPSA) is 650 Å². The van der Waals surface area contributed by atoms with Crippen molar-refractivity contribution < 1.29 is 132 Å². The number of ether oxygens (including phenoxy) is 1. The number of nitrogens with one attached hydrogen (secondary N) is 1. The van der Waals surface area contributed by atoms with Crippen LogP contribution < -0.4 is 15.8 Å². The Balaban J connectivity index is 1.37. The lowest BCUT2D eigenvalue weighted by Crippen LogP contribution is -2.11. The van der Waals surface area contributed by atoms with Crippen LogP contribution in [0.2, 0.25) is 0 Å². The molecule has 0 saturated carbocycles. The highest BCUT2D eigenvalue weighted by Crippen LogP contribution is 2.52. The molecule has 49 heteroatoms. The van der Waals surface area contributed by atoms with Crippen LogP contribution in [-0.4, -0.2) is 122 Å². The van der Waals surface area contributed by atoms with Gasteiger partial charge < -0.3 is 26.0 Å². The second kappa shape index (κ2) is 28.0. The molecule has 0 atom stereocenters. The highest BCUT2D eigenvalue weighted by Gasteiger charge is 2.31. The standard InChI is InChI=1S/C44H37N11O30S8/c1-18-10-27(46-19(2)56)31(81-8-3-9-88(63,64)65)14-26(18)49-51-29-15-32(86-84-82-61)28(16-36(29)91(72,73)74)50-54-41-37(92(75,76)77)13-22-21(42(41)57)5-7-25(44(22)93(78,79)80)48-52-30-17-34(89(66,67)68)23-12-33(87-85-83-62)40(43(58)38(23)39(30)45)53-47-24-6-4-20(55(59)60)11-35(24)90(69,70)71/h4-7,10-17,57-58,61-62H,3,8-9,45H2,1-2H3,(H,46,56)(H,63,64,65)(H,66,67,68)(H,69,70,71)(H,72,73,74)(H,75,76,77)(H,78,79,80). The van der Waals surface area contributed by atoms with Gasteiger partial charge in [-0.15, -0.1) is 44.5 Å². The van der Waals surface area contributed by atoms with E-state index in [1.54, 1.807) is 0 Å². The van der Waals surface area contributed by atoms with Gasteiger partial charge in [0.1, 0.15) is 70.0 Å². The average molecular weight is 1460 g/mol. The number of nitrogens with two attached hydrogens (primary N) is 1. The maximum absolute atomic E-state index is 13.2. The number of nitrogen functional groups attached to an aromatic ring is 1. The number of anilines is 2. The van der Waals surface area contributed by atoms with E-state index in [1.807, 2.05) is 0 Å². The number of amides is 1. The molecule has 0 unspecified atom stereocenters. The normalized spacial score (nSPS) is 13.0. The first-order valence-corrected chi connectivity index (χ1v) is 34.2. The van der Waals surface area contributed by atoms with Crippen molar-refractivity contribution in [3.63, 3.8) is 0 Å². The van der Waals surface area contributed by atoms with Crippen LogP contribution in [0.15, 0.2) is 148 Å². The summed E-state index contributed by atoms with van der Waals surface area (Å²) in [6.07, 6.45) is -0.233. The van der Waals surface area contributed by atoms with Crippen LogP contribution in [0.25, 0.3) is 21.5 Å². The van der Waals surface area contributed by atoms with Gasteiger partial charge in [-0.1, -0.05) is 10.1 Å². The number of benzene rings is 7. The molecular weight excluding hydrogens is 1420 g/mol. The lowest BCUT2D eigenvalue weighted by molar-refractivity contribution is -0.432. The third kappa shape index (κ3) is 17.2. The van der Waals surface area contributed by atoms with Crippen molar-refractivity contribution in [2.45, 2.75) is 54.5 Å². The number of phenolic OH excluding ortho intramolecular Hbond substituents is 2. The van der Waals surface area contributed by atoms with Crippen LogP contribution in [0.3, 0.4) is 0 Å². The average Bonchev–Trinajstić information content (AvgIpc) is 0.750. The Morgan fingerprint density at radius 1 is 0.570 bits per heavy atom. The number of carbonyl (C=O) groups is 1. The van der Waals surface area contributed by atoms with Gasteiger partial charge in [0.2, 0.25) is 5.91 Å². The molecule has 0 saturated heterocycles.